The van der Waals surface area contributed by atoms with Gasteiger partial charge in [0.05, 0.1) is 11.0 Å². The van der Waals surface area contributed by atoms with Gasteiger partial charge in [0.1, 0.15) is 0 Å². The van der Waals surface area contributed by atoms with E-state index < -0.39 is 0 Å². The molecule has 2 aromatic carbocycles. The molecule has 0 aliphatic rings. The van der Waals surface area contributed by atoms with Crippen molar-refractivity contribution in [2.45, 2.75) is 20.8 Å². The second kappa shape index (κ2) is 3.56. The molecule has 17 heavy (non-hydrogen) atoms. The Hall–Kier alpha value is -1.89. The third-order valence-corrected chi connectivity index (χ3v) is 3.65. The fourth-order valence-electron chi connectivity index (χ4n) is 2.40. The number of fused-ring (bicyclic) bond motifs is 2. The van der Waals surface area contributed by atoms with Gasteiger partial charge >= 0.3 is 0 Å². The fraction of sp³-hybridized carbons (Fsp3) is 0.188. The number of pyridine rings is 1. The average Bonchev–Trinajstić information content (AvgIpc) is 2.35. The molecule has 0 saturated carbocycles. The lowest BCUT2D eigenvalue weighted by atomic mass is 9.99. The maximum atomic E-state index is 4.80. The van der Waals surface area contributed by atoms with Crippen molar-refractivity contribution in [3.8, 4) is 0 Å². The predicted molar refractivity (Wildman–Crippen MR) is 73.5 cm³/mol. The molecule has 1 heteroatoms. The molecule has 1 aromatic heterocycles. The van der Waals surface area contributed by atoms with E-state index in [4.69, 9.17) is 4.98 Å². The zero-order chi connectivity index (χ0) is 12.0. The summed E-state index contributed by atoms with van der Waals surface area (Å²) in [5.41, 5.74) is 6.15. The lowest BCUT2D eigenvalue weighted by Gasteiger charge is -2.10. The summed E-state index contributed by atoms with van der Waals surface area (Å²) in [6.45, 7) is 6.47. The van der Waals surface area contributed by atoms with Gasteiger partial charge in [-0.1, -0.05) is 30.3 Å². The van der Waals surface area contributed by atoms with Crippen LogP contribution in [0.3, 0.4) is 0 Å². The topological polar surface area (TPSA) is 12.9 Å². The Kier molecular flexibility index (Phi) is 2.15. The van der Waals surface area contributed by atoms with Gasteiger partial charge in [0.2, 0.25) is 0 Å². The predicted octanol–water partition coefficient (Wildman–Crippen LogP) is 4.31. The fourth-order valence-corrected chi connectivity index (χ4v) is 2.40. The Morgan fingerprint density at radius 3 is 2.35 bits per heavy atom. The minimum absolute atomic E-state index is 1.09. The van der Waals surface area contributed by atoms with E-state index in [2.05, 4.69) is 51.1 Å². The number of rotatable bonds is 0. The van der Waals surface area contributed by atoms with Crippen LogP contribution in [0.1, 0.15) is 16.7 Å². The summed E-state index contributed by atoms with van der Waals surface area (Å²) >= 11 is 0. The Balaban J connectivity index is 2.59. The zero-order valence-electron chi connectivity index (χ0n) is 10.4. The molecule has 0 N–H and O–H groups in total. The minimum atomic E-state index is 1.09. The molecule has 1 nitrogen and oxygen atoms in total. The molecule has 0 atom stereocenters. The molecule has 0 amide bonds. The molecule has 3 rings (SSSR count). The van der Waals surface area contributed by atoms with Crippen molar-refractivity contribution in [2.24, 2.45) is 0 Å². The molecule has 0 saturated heterocycles. The van der Waals surface area contributed by atoms with Crippen LogP contribution >= 0.6 is 0 Å². The normalized spacial score (nSPS) is 11.2. The number of hydrogen-bond acceptors (Lipinski definition) is 1. The van der Waals surface area contributed by atoms with Crippen LogP contribution in [-0.4, -0.2) is 4.98 Å². The van der Waals surface area contributed by atoms with Gasteiger partial charge in [0.15, 0.2) is 0 Å². The Morgan fingerprint density at radius 1 is 0.765 bits per heavy atom. The quantitative estimate of drug-likeness (QED) is 0.515. The molecule has 0 bridgehead atoms. The van der Waals surface area contributed by atoms with E-state index in [0.29, 0.717) is 0 Å². The lowest BCUT2D eigenvalue weighted by Crippen LogP contribution is -1.91. The third-order valence-electron chi connectivity index (χ3n) is 3.65. The lowest BCUT2D eigenvalue weighted by molar-refractivity contribution is 1.33. The molecule has 84 valence electrons. The third kappa shape index (κ3) is 1.42. The van der Waals surface area contributed by atoms with Crippen molar-refractivity contribution in [2.75, 3.05) is 0 Å². The summed E-state index contributed by atoms with van der Waals surface area (Å²) in [4.78, 5) is 4.80. The summed E-state index contributed by atoms with van der Waals surface area (Å²) < 4.78 is 0. The standard InChI is InChI=1S/C16H15N/c1-10-8-9-14-12(3)13-6-4-5-7-15(13)17-16(14)11(10)2/h4-9H,1-3H3. The van der Waals surface area contributed by atoms with E-state index in [1.54, 1.807) is 0 Å². The molecule has 0 aliphatic carbocycles. The molecular weight excluding hydrogens is 206 g/mol. The van der Waals surface area contributed by atoms with Gasteiger partial charge in [-0.2, -0.15) is 0 Å². The van der Waals surface area contributed by atoms with Gasteiger partial charge in [-0.15, -0.1) is 0 Å². The molecule has 1 heterocycles. The van der Waals surface area contributed by atoms with Crippen molar-refractivity contribution in [3.63, 3.8) is 0 Å². The highest BCUT2D eigenvalue weighted by Gasteiger charge is 2.07. The second-order valence-electron chi connectivity index (χ2n) is 4.66. The van der Waals surface area contributed by atoms with Crippen LogP contribution in [0.2, 0.25) is 0 Å². The monoisotopic (exact) mass is 221 g/mol. The maximum absolute atomic E-state index is 4.80. The van der Waals surface area contributed by atoms with Crippen molar-refractivity contribution in [3.05, 3.63) is 53.1 Å². The van der Waals surface area contributed by atoms with Gasteiger partial charge < -0.3 is 0 Å². The highest BCUT2D eigenvalue weighted by atomic mass is 14.7. The SMILES string of the molecule is Cc1ccc2c(C)c3ccccc3nc2c1C. The number of para-hydroxylation sites is 1. The van der Waals surface area contributed by atoms with Crippen LogP contribution in [0, 0.1) is 20.8 Å². The summed E-state index contributed by atoms with van der Waals surface area (Å²) in [5, 5.41) is 2.52. The first-order valence-corrected chi connectivity index (χ1v) is 5.94. The molecule has 0 unspecified atom stereocenters. The smallest absolute Gasteiger partial charge is 0.0744 e. The molecule has 0 spiro atoms. The van der Waals surface area contributed by atoms with Crippen molar-refractivity contribution in [1.29, 1.82) is 0 Å². The first-order chi connectivity index (χ1) is 8.18. The van der Waals surface area contributed by atoms with Crippen LogP contribution in [0.4, 0.5) is 0 Å². The Labute approximate surface area is 101 Å². The van der Waals surface area contributed by atoms with E-state index in [9.17, 15) is 0 Å². The largest absolute Gasteiger partial charge is 0.247 e. The van der Waals surface area contributed by atoms with Crippen molar-refractivity contribution in [1.82, 2.24) is 4.98 Å². The van der Waals surface area contributed by atoms with Gasteiger partial charge in [-0.3, -0.25) is 0 Å². The van der Waals surface area contributed by atoms with E-state index in [0.717, 1.165) is 11.0 Å². The molecular formula is C16H15N. The maximum Gasteiger partial charge on any atom is 0.0744 e. The number of aryl methyl sites for hydroxylation is 3. The summed E-state index contributed by atoms with van der Waals surface area (Å²) in [6.07, 6.45) is 0. The first-order valence-electron chi connectivity index (χ1n) is 5.94. The van der Waals surface area contributed by atoms with Crippen LogP contribution in [0.5, 0.6) is 0 Å². The summed E-state index contributed by atoms with van der Waals surface area (Å²) in [6, 6.07) is 12.7. The van der Waals surface area contributed by atoms with Gasteiger partial charge in [0.25, 0.3) is 0 Å². The van der Waals surface area contributed by atoms with Crippen molar-refractivity contribution < 1.29 is 0 Å². The average molecular weight is 221 g/mol. The zero-order valence-corrected chi connectivity index (χ0v) is 10.4. The van der Waals surface area contributed by atoms with E-state index in [1.165, 1.54) is 27.5 Å². The van der Waals surface area contributed by atoms with Gasteiger partial charge in [-0.05, 0) is 43.5 Å². The molecule has 0 fully saturated rings. The molecule has 3 aromatic rings. The van der Waals surface area contributed by atoms with Crippen LogP contribution < -0.4 is 0 Å². The Morgan fingerprint density at radius 2 is 1.53 bits per heavy atom. The molecule has 0 aliphatic heterocycles. The number of aromatic nitrogens is 1. The number of nitrogens with zero attached hydrogens (tertiary/aromatic N) is 1. The summed E-state index contributed by atoms with van der Waals surface area (Å²) in [7, 11) is 0. The Bertz CT molecular complexity index is 726. The second-order valence-corrected chi connectivity index (χ2v) is 4.66. The van der Waals surface area contributed by atoms with Crippen LogP contribution in [-0.2, 0) is 0 Å². The van der Waals surface area contributed by atoms with E-state index in [1.807, 2.05) is 6.07 Å². The highest BCUT2D eigenvalue weighted by Crippen LogP contribution is 2.28. The van der Waals surface area contributed by atoms with Gasteiger partial charge in [0, 0.05) is 10.8 Å². The number of benzene rings is 2. The van der Waals surface area contributed by atoms with Gasteiger partial charge in [-0.25, -0.2) is 4.98 Å². The summed E-state index contributed by atoms with van der Waals surface area (Å²) in [5.74, 6) is 0. The molecule has 0 radical (unpaired) electrons. The van der Waals surface area contributed by atoms with Crippen molar-refractivity contribution >= 4 is 21.8 Å². The van der Waals surface area contributed by atoms with Crippen LogP contribution in [0.25, 0.3) is 21.8 Å². The first kappa shape index (κ1) is 10.3. The highest BCUT2D eigenvalue weighted by molar-refractivity contribution is 5.98. The van der Waals surface area contributed by atoms with Crippen LogP contribution in [0.15, 0.2) is 36.4 Å². The number of hydrogen-bond donors (Lipinski definition) is 0. The minimum Gasteiger partial charge on any atom is -0.247 e. The van der Waals surface area contributed by atoms with E-state index in [-0.39, 0.29) is 0 Å². The van der Waals surface area contributed by atoms with E-state index >= 15 is 0 Å².